The smallest absolute Gasteiger partial charge is 0.262 e. The highest BCUT2D eigenvalue weighted by Gasteiger charge is 2.29. The van der Waals surface area contributed by atoms with Crippen LogP contribution in [0.4, 0.5) is 11.4 Å². The summed E-state index contributed by atoms with van der Waals surface area (Å²) < 4.78 is 7.21. The van der Waals surface area contributed by atoms with E-state index in [1.807, 2.05) is 12.1 Å². The first-order valence-corrected chi connectivity index (χ1v) is 9.38. The van der Waals surface area contributed by atoms with Crippen molar-refractivity contribution in [3.8, 4) is 5.75 Å². The molecule has 2 aromatic rings. The van der Waals surface area contributed by atoms with Crippen molar-refractivity contribution in [3.63, 3.8) is 0 Å². The first-order chi connectivity index (χ1) is 12.0. The average Bonchev–Trinajstić information content (AvgIpc) is 3.41. The van der Waals surface area contributed by atoms with Crippen molar-refractivity contribution < 1.29 is 14.3 Å². The number of nitrogens with one attached hydrogen (secondary N) is 2. The molecule has 0 aromatic heterocycles. The third-order valence-corrected chi connectivity index (χ3v) is 4.77. The molecule has 5 nitrogen and oxygen atoms in total. The van der Waals surface area contributed by atoms with E-state index in [1.165, 1.54) is 0 Å². The van der Waals surface area contributed by atoms with Gasteiger partial charge in [-0.1, -0.05) is 22.0 Å². The number of carbonyl (C=O) groups is 2. The summed E-state index contributed by atoms with van der Waals surface area (Å²) in [6.45, 7) is -0.122. The zero-order valence-corrected chi connectivity index (χ0v) is 16.4. The Morgan fingerprint density at radius 3 is 2.60 bits per heavy atom. The number of rotatable bonds is 6. The van der Waals surface area contributed by atoms with Crippen molar-refractivity contribution in [1.82, 2.24) is 0 Å². The Morgan fingerprint density at radius 2 is 1.88 bits per heavy atom. The number of halogens is 2. The Morgan fingerprint density at radius 1 is 1.08 bits per heavy atom. The second-order valence-corrected chi connectivity index (χ2v) is 7.52. The summed E-state index contributed by atoms with van der Waals surface area (Å²) in [5.41, 5.74) is 1.34. The van der Waals surface area contributed by atoms with Crippen molar-refractivity contribution >= 4 is 55.0 Å². The number of anilines is 2. The number of carbonyl (C=O) groups excluding carboxylic acids is 2. The van der Waals surface area contributed by atoms with Gasteiger partial charge in [0.05, 0.1) is 5.69 Å². The van der Waals surface area contributed by atoms with Gasteiger partial charge >= 0.3 is 0 Å². The molecule has 3 rings (SSSR count). The largest absolute Gasteiger partial charge is 0.484 e. The second kappa shape index (κ2) is 8.01. The molecule has 0 saturated heterocycles. The van der Waals surface area contributed by atoms with E-state index in [0.29, 0.717) is 17.1 Å². The van der Waals surface area contributed by atoms with Crippen LogP contribution in [0.3, 0.4) is 0 Å². The lowest BCUT2D eigenvalue weighted by atomic mass is 10.3. The van der Waals surface area contributed by atoms with Crippen molar-refractivity contribution in [1.29, 1.82) is 0 Å². The van der Waals surface area contributed by atoms with E-state index in [1.54, 1.807) is 30.3 Å². The third kappa shape index (κ3) is 5.31. The maximum absolute atomic E-state index is 12.0. The van der Waals surface area contributed by atoms with Gasteiger partial charge in [-0.25, -0.2) is 0 Å². The number of ether oxygens (including phenoxy) is 1. The summed E-state index contributed by atoms with van der Waals surface area (Å²) >= 11 is 6.76. The highest BCUT2D eigenvalue weighted by Crippen LogP contribution is 2.30. The van der Waals surface area contributed by atoms with Crippen LogP contribution in [0.15, 0.2) is 51.4 Å². The molecule has 2 aromatic carbocycles. The fraction of sp³-hybridized carbons (Fsp3) is 0.222. The molecule has 0 unspecified atom stereocenters. The predicted octanol–water partition coefficient (Wildman–Crippen LogP) is 4.58. The van der Waals surface area contributed by atoms with Crippen LogP contribution in [0.5, 0.6) is 5.75 Å². The zero-order chi connectivity index (χ0) is 17.8. The molecule has 0 spiro atoms. The number of hydrogen-bond donors (Lipinski definition) is 2. The molecule has 0 heterocycles. The predicted molar refractivity (Wildman–Crippen MR) is 104 cm³/mol. The molecule has 1 fully saturated rings. The van der Waals surface area contributed by atoms with E-state index in [4.69, 9.17) is 4.74 Å². The van der Waals surface area contributed by atoms with E-state index in [9.17, 15) is 9.59 Å². The monoisotopic (exact) mass is 466 g/mol. The molecule has 7 heteroatoms. The van der Waals surface area contributed by atoms with E-state index in [2.05, 4.69) is 42.5 Å². The van der Waals surface area contributed by atoms with Gasteiger partial charge in [-0.15, -0.1) is 0 Å². The van der Waals surface area contributed by atoms with E-state index < -0.39 is 0 Å². The molecular formula is C18H16Br2N2O3. The molecular weight excluding hydrogens is 452 g/mol. The Hall–Kier alpha value is -1.86. The van der Waals surface area contributed by atoms with Crippen LogP contribution in [-0.2, 0) is 9.59 Å². The fourth-order valence-electron chi connectivity index (χ4n) is 2.18. The van der Waals surface area contributed by atoms with Gasteiger partial charge in [0.1, 0.15) is 5.75 Å². The van der Waals surface area contributed by atoms with Crippen LogP contribution in [0.2, 0.25) is 0 Å². The van der Waals surface area contributed by atoms with Gasteiger partial charge in [0, 0.05) is 26.6 Å². The fourth-order valence-corrected chi connectivity index (χ4v) is 3.33. The Kier molecular flexibility index (Phi) is 5.75. The van der Waals surface area contributed by atoms with Gasteiger partial charge in [0.25, 0.3) is 5.91 Å². The number of hydrogen-bond acceptors (Lipinski definition) is 3. The lowest BCUT2D eigenvalue weighted by Crippen LogP contribution is -2.20. The second-order valence-electron chi connectivity index (χ2n) is 5.75. The quantitative estimate of drug-likeness (QED) is 0.653. The van der Waals surface area contributed by atoms with Gasteiger partial charge in [-0.2, -0.15) is 0 Å². The summed E-state index contributed by atoms with van der Waals surface area (Å²) in [6.07, 6.45) is 1.90. The molecule has 0 atom stereocenters. The minimum absolute atomic E-state index is 0.0370. The number of benzene rings is 2. The van der Waals surface area contributed by atoms with Crippen molar-refractivity contribution in [2.24, 2.45) is 5.92 Å². The van der Waals surface area contributed by atoms with Gasteiger partial charge in [-0.3, -0.25) is 9.59 Å². The first-order valence-electron chi connectivity index (χ1n) is 7.80. The molecule has 2 N–H and O–H groups in total. The minimum Gasteiger partial charge on any atom is -0.484 e. The Labute approximate surface area is 162 Å². The van der Waals surface area contributed by atoms with Crippen molar-refractivity contribution in [2.75, 3.05) is 17.2 Å². The molecule has 0 bridgehead atoms. The van der Waals surface area contributed by atoms with Crippen LogP contribution >= 0.6 is 31.9 Å². The lowest BCUT2D eigenvalue weighted by Gasteiger charge is -2.10. The summed E-state index contributed by atoms with van der Waals surface area (Å²) in [4.78, 5) is 23.8. The summed E-state index contributed by atoms with van der Waals surface area (Å²) in [5.74, 6) is 0.434. The average molecular weight is 468 g/mol. The molecule has 2 amide bonds. The SMILES string of the molecule is O=C(COc1cccc(NC(=O)C2CC2)c1)Nc1ccc(Br)cc1Br. The van der Waals surface area contributed by atoms with Gasteiger partial charge in [0.2, 0.25) is 5.91 Å². The molecule has 130 valence electrons. The third-order valence-electron chi connectivity index (χ3n) is 3.62. The molecule has 1 aliphatic carbocycles. The Balaban J connectivity index is 1.53. The summed E-state index contributed by atoms with van der Waals surface area (Å²) in [5, 5.41) is 5.63. The highest BCUT2D eigenvalue weighted by molar-refractivity contribution is 9.11. The van der Waals surface area contributed by atoms with Gasteiger partial charge in [0.15, 0.2) is 6.61 Å². The molecule has 0 radical (unpaired) electrons. The summed E-state index contributed by atoms with van der Waals surface area (Å²) in [7, 11) is 0. The topological polar surface area (TPSA) is 67.4 Å². The Bertz CT molecular complexity index is 807. The van der Waals surface area contributed by atoms with E-state index >= 15 is 0 Å². The molecule has 1 saturated carbocycles. The maximum Gasteiger partial charge on any atom is 0.262 e. The zero-order valence-electron chi connectivity index (χ0n) is 13.2. The van der Waals surface area contributed by atoms with Crippen LogP contribution < -0.4 is 15.4 Å². The highest BCUT2D eigenvalue weighted by atomic mass is 79.9. The van der Waals surface area contributed by atoms with E-state index in [-0.39, 0.29) is 24.3 Å². The van der Waals surface area contributed by atoms with Gasteiger partial charge < -0.3 is 15.4 Å². The molecule has 25 heavy (non-hydrogen) atoms. The van der Waals surface area contributed by atoms with E-state index in [0.717, 1.165) is 21.8 Å². The van der Waals surface area contributed by atoms with Crippen LogP contribution in [0, 0.1) is 5.92 Å². The molecule has 1 aliphatic rings. The standard InChI is InChI=1S/C18H16Br2N2O3/c19-12-6-7-16(15(20)8-12)22-17(23)10-25-14-3-1-2-13(9-14)21-18(24)11-4-5-11/h1-3,6-9,11H,4-5,10H2,(H,21,24)(H,22,23). The van der Waals surface area contributed by atoms with Gasteiger partial charge in [-0.05, 0) is 59.1 Å². The van der Waals surface area contributed by atoms with Crippen molar-refractivity contribution in [3.05, 3.63) is 51.4 Å². The van der Waals surface area contributed by atoms with Crippen LogP contribution in [0.1, 0.15) is 12.8 Å². The minimum atomic E-state index is -0.268. The normalized spacial score (nSPS) is 13.2. The van der Waals surface area contributed by atoms with Crippen LogP contribution in [0.25, 0.3) is 0 Å². The number of amides is 2. The summed E-state index contributed by atoms with van der Waals surface area (Å²) in [6, 6.07) is 12.5. The van der Waals surface area contributed by atoms with Crippen molar-refractivity contribution in [2.45, 2.75) is 12.8 Å². The maximum atomic E-state index is 12.0. The first kappa shape index (κ1) is 17.9. The molecule has 0 aliphatic heterocycles. The van der Waals surface area contributed by atoms with Crippen LogP contribution in [-0.4, -0.2) is 18.4 Å². The lowest BCUT2D eigenvalue weighted by molar-refractivity contribution is -0.118.